The normalized spacial score (nSPS) is 11.0. The summed E-state index contributed by atoms with van der Waals surface area (Å²) in [6.07, 6.45) is 4.38. The molecule has 4 N–H and O–H groups in total. The Bertz CT molecular complexity index is 922. The van der Waals surface area contributed by atoms with Crippen molar-refractivity contribution in [2.75, 3.05) is 0 Å². The van der Waals surface area contributed by atoms with Crippen molar-refractivity contribution in [1.82, 2.24) is 9.97 Å². The van der Waals surface area contributed by atoms with Crippen LogP contribution in [0.1, 0.15) is 26.0 Å². The van der Waals surface area contributed by atoms with Crippen molar-refractivity contribution < 1.29 is 9.85 Å². The second kappa shape index (κ2) is 15.1. The summed E-state index contributed by atoms with van der Waals surface area (Å²) in [5.74, 6) is 0. The Kier molecular flexibility index (Phi) is 14.8. The Morgan fingerprint density at radius 1 is 0.968 bits per heavy atom. The third kappa shape index (κ3) is 12.5. The first-order valence-electron chi connectivity index (χ1n) is 7.67. The van der Waals surface area contributed by atoms with Gasteiger partial charge in [0.25, 0.3) is 6.20 Å². The minimum Gasteiger partial charge on any atom is -0.397 e. The maximum absolute atomic E-state index is 10.4. The molecule has 170 valence electrons. The largest absolute Gasteiger partial charge is 0.397 e. The number of halogens is 3. The number of nitrogens with two attached hydrogens (primary N) is 2. The van der Waals surface area contributed by atoms with Gasteiger partial charge in [-0.25, -0.2) is 9.97 Å². The lowest BCUT2D eigenvalue weighted by Crippen LogP contribution is -2.08. The third-order valence-corrected chi connectivity index (χ3v) is 4.32. The van der Waals surface area contributed by atoms with Crippen LogP contribution in [0.3, 0.4) is 0 Å². The zero-order valence-electron chi connectivity index (χ0n) is 14.7. The summed E-state index contributed by atoms with van der Waals surface area (Å²) >= 11 is 13.9. The molecule has 0 radical (unpaired) electrons. The van der Waals surface area contributed by atoms with E-state index in [0.29, 0.717) is 16.7 Å². The van der Waals surface area contributed by atoms with E-state index < -0.39 is 9.85 Å². The average molecular weight is 538 g/mol. The highest BCUT2D eigenvalue weighted by Gasteiger charge is 2.12. The summed E-state index contributed by atoms with van der Waals surface area (Å²) in [7, 11) is 0. The van der Waals surface area contributed by atoms with Crippen LogP contribution in [0.2, 0.25) is 10.3 Å². The molecule has 2 aromatic rings. The van der Waals surface area contributed by atoms with Crippen molar-refractivity contribution in [2.24, 2.45) is 11.5 Å². The lowest BCUT2D eigenvalue weighted by Gasteiger charge is -2.00. The zero-order chi connectivity index (χ0) is 22.0. The number of hydrogen-bond donors (Lipinski definition) is 2. The van der Waals surface area contributed by atoms with Crippen LogP contribution in [0, 0.1) is 20.2 Å². The first-order valence-corrected chi connectivity index (χ1v) is 9.22. The fraction of sp³-hybridized carbons (Fsp3) is 0.222. The topological polar surface area (TPSA) is 164 Å². The molecule has 0 aliphatic heterocycles. The van der Waals surface area contributed by atoms with Gasteiger partial charge in [0.05, 0.1) is 21.2 Å². The van der Waals surface area contributed by atoms with Gasteiger partial charge in [0, 0.05) is 41.2 Å². The molecule has 0 saturated carbocycles. The lowest BCUT2D eigenvalue weighted by molar-refractivity contribution is -0.410. The second-order valence-electron chi connectivity index (χ2n) is 5.39. The number of aromatic nitrogens is 2. The number of nitro groups is 2. The van der Waals surface area contributed by atoms with Gasteiger partial charge in [0.1, 0.15) is 10.3 Å². The first kappa shape index (κ1) is 30.4. The van der Waals surface area contributed by atoms with Gasteiger partial charge in [0.2, 0.25) is 0 Å². The van der Waals surface area contributed by atoms with Crippen LogP contribution in [-0.4, -0.2) is 19.8 Å². The molecule has 2 heterocycles. The summed E-state index contributed by atoms with van der Waals surface area (Å²) in [5.41, 5.74) is 12.8. The highest BCUT2D eigenvalue weighted by Crippen LogP contribution is 2.14. The maximum Gasteiger partial charge on any atom is 0.329 e. The van der Waals surface area contributed by atoms with E-state index in [1.165, 1.54) is 12.4 Å². The van der Waals surface area contributed by atoms with Crippen molar-refractivity contribution in [2.45, 2.75) is 27.7 Å². The third-order valence-electron chi connectivity index (χ3n) is 3.08. The van der Waals surface area contributed by atoms with Gasteiger partial charge in [-0.05, 0) is 23.3 Å². The minimum absolute atomic E-state index is 0. The van der Waals surface area contributed by atoms with Crippen molar-refractivity contribution in [1.29, 1.82) is 0 Å². The standard InChI is InChI=1S/C8H7BrClN3O2.C8H8ClN3O2.2CH4/c9-8(13(14)15)6(11)3-5-1-2-7(10)12-4-5;9-8-2-1-6(4-11-8)3-7(10)5-12(13)14;;/h1-2,4H,3,11H2;1-2,4-5H,3,10H2;2*1H4/b8-6-;7-5+;;. The molecule has 2 rings (SSSR count). The molecule has 0 bridgehead atoms. The molecule has 0 spiro atoms. The quantitative estimate of drug-likeness (QED) is 0.231. The fourth-order valence-corrected chi connectivity index (χ4v) is 2.21. The molecular weight excluding hydrogens is 515 g/mol. The summed E-state index contributed by atoms with van der Waals surface area (Å²) in [6, 6.07) is 6.64. The predicted molar refractivity (Wildman–Crippen MR) is 126 cm³/mol. The lowest BCUT2D eigenvalue weighted by atomic mass is 10.2. The molecule has 0 amide bonds. The van der Waals surface area contributed by atoms with Crippen LogP contribution in [-0.2, 0) is 12.8 Å². The van der Waals surface area contributed by atoms with Gasteiger partial charge >= 0.3 is 4.61 Å². The van der Waals surface area contributed by atoms with Gasteiger partial charge in [-0.2, -0.15) is 0 Å². The smallest absolute Gasteiger partial charge is 0.329 e. The molecule has 0 aliphatic carbocycles. The first-order chi connectivity index (χ1) is 13.6. The van der Waals surface area contributed by atoms with E-state index >= 15 is 0 Å². The fourth-order valence-electron chi connectivity index (χ4n) is 1.85. The zero-order valence-corrected chi connectivity index (χ0v) is 17.8. The van der Waals surface area contributed by atoms with Crippen molar-refractivity contribution in [3.63, 3.8) is 0 Å². The second-order valence-corrected chi connectivity index (χ2v) is 6.92. The van der Waals surface area contributed by atoms with Gasteiger partial charge in [0.15, 0.2) is 0 Å². The Morgan fingerprint density at radius 2 is 1.42 bits per heavy atom. The summed E-state index contributed by atoms with van der Waals surface area (Å²) in [4.78, 5) is 26.9. The number of allylic oxidation sites excluding steroid dienone is 2. The van der Waals surface area contributed by atoms with Crippen LogP contribution >= 0.6 is 39.1 Å². The van der Waals surface area contributed by atoms with E-state index in [1.807, 2.05) is 0 Å². The van der Waals surface area contributed by atoms with E-state index in [0.717, 1.165) is 17.3 Å². The average Bonchev–Trinajstić information content (AvgIpc) is 2.64. The highest BCUT2D eigenvalue weighted by atomic mass is 79.9. The molecular formula is C18H23BrCl2N6O4. The van der Waals surface area contributed by atoms with Crippen LogP contribution in [0.4, 0.5) is 0 Å². The van der Waals surface area contributed by atoms with Crippen LogP contribution in [0.25, 0.3) is 0 Å². The highest BCUT2D eigenvalue weighted by molar-refractivity contribution is 9.11. The monoisotopic (exact) mass is 536 g/mol. The number of rotatable bonds is 6. The van der Waals surface area contributed by atoms with Gasteiger partial charge in [-0.1, -0.05) is 50.2 Å². The van der Waals surface area contributed by atoms with Crippen molar-refractivity contribution in [3.05, 3.63) is 101 Å². The predicted octanol–water partition coefficient (Wildman–Crippen LogP) is 4.70. The minimum atomic E-state index is -0.585. The molecule has 2 aromatic heterocycles. The number of nitrogens with zero attached hydrogens (tertiary/aromatic N) is 4. The molecule has 0 fully saturated rings. The summed E-state index contributed by atoms with van der Waals surface area (Å²) in [5, 5.41) is 21.2. The van der Waals surface area contributed by atoms with E-state index in [4.69, 9.17) is 34.7 Å². The molecule has 13 heteroatoms. The number of pyridine rings is 2. The Labute approximate surface area is 198 Å². The van der Waals surface area contributed by atoms with E-state index in [2.05, 4.69) is 25.9 Å². The SMILES string of the molecule is C.C.N/C(=C/[N+](=O)[O-])Cc1ccc(Cl)nc1.N/C(Cc1ccc(Cl)nc1)=C(/Br)[N+](=O)[O-]. The molecule has 0 atom stereocenters. The molecule has 10 nitrogen and oxygen atoms in total. The molecule has 31 heavy (non-hydrogen) atoms. The van der Waals surface area contributed by atoms with Crippen molar-refractivity contribution >= 4 is 39.1 Å². The summed E-state index contributed by atoms with van der Waals surface area (Å²) < 4.78 is -0.225. The van der Waals surface area contributed by atoms with Gasteiger partial charge < -0.3 is 11.5 Å². The van der Waals surface area contributed by atoms with Crippen LogP contribution in [0.15, 0.2) is 58.9 Å². The molecule has 0 aromatic carbocycles. The molecule has 0 saturated heterocycles. The Balaban J connectivity index is 0. The molecule has 0 aliphatic rings. The van der Waals surface area contributed by atoms with Gasteiger partial charge in [-0.15, -0.1) is 0 Å². The maximum atomic E-state index is 10.4. The van der Waals surface area contributed by atoms with Crippen LogP contribution in [0.5, 0.6) is 0 Å². The molecule has 0 unspecified atom stereocenters. The van der Waals surface area contributed by atoms with Crippen molar-refractivity contribution in [3.8, 4) is 0 Å². The van der Waals surface area contributed by atoms with E-state index in [1.54, 1.807) is 24.3 Å². The van der Waals surface area contributed by atoms with Crippen LogP contribution < -0.4 is 11.5 Å². The van der Waals surface area contributed by atoms with E-state index in [-0.39, 0.29) is 37.3 Å². The number of hydrogen-bond acceptors (Lipinski definition) is 8. The Hall–Kier alpha value is -2.76. The van der Waals surface area contributed by atoms with Gasteiger partial charge in [-0.3, -0.25) is 20.2 Å². The Morgan fingerprint density at radius 3 is 1.77 bits per heavy atom. The van der Waals surface area contributed by atoms with E-state index in [9.17, 15) is 20.2 Å². The summed E-state index contributed by atoms with van der Waals surface area (Å²) in [6.45, 7) is 0.